The number of carbonyl (C=O) groups excluding carboxylic acids is 1. The Morgan fingerprint density at radius 3 is 3.00 bits per heavy atom. The van der Waals surface area contributed by atoms with E-state index < -0.39 is 0 Å². The van der Waals surface area contributed by atoms with Crippen molar-refractivity contribution in [2.24, 2.45) is 0 Å². The van der Waals surface area contributed by atoms with E-state index in [2.05, 4.69) is 29.6 Å². The third-order valence-corrected chi connectivity index (χ3v) is 2.71. The molecule has 0 radical (unpaired) electrons. The highest BCUT2D eigenvalue weighted by Gasteiger charge is 2.19. The van der Waals surface area contributed by atoms with Crippen molar-refractivity contribution in [3.05, 3.63) is 0 Å². The quantitative estimate of drug-likeness (QED) is 0.641. The molecule has 1 rings (SSSR count). The second-order valence-corrected chi connectivity index (χ2v) is 4.45. The number of amides is 1. The molecule has 0 bridgehead atoms. The maximum absolute atomic E-state index is 11.6. The van der Waals surface area contributed by atoms with E-state index in [1.807, 2.05) is 0 Å². The van der Waals surface area contributed by atoms with Gasteiger partial charge in [0.2, 0.25) is 5.91 Å². The number of hydrogen-bond donors (Lipinski definition) is 2. The molecular weight excluding hydrogens is 190 g/mol. The first kappa shape index (κ1) is 12.5. The Morgan fingerprint density at radius 2 is 2.27 bits per heavy atom. The monoisotopic (exact) mass is 213 g/mol. The zero-order valence-corrected chi connectivity index (χ0v) is 9.88. The second-order valence-electron chi connectivity index (χ2n) is 4.45. The third kappa shape index (κ3) is 5.14. The normalized spacial score (nSPS) is 22.6. The molecule has 4 nitrogen and oxygen atoms in total. The molecule has 1 unspecified atom stereocenters. The number of hydrogen-bond acceptors (Lipinski definition) is 3. The average molecular weight is 213 g/mol. The highest BCUT2D eigenvalue weighted by molar-refractivity contribution is 5.81. The van der Waals surface area contributed by atoms with Gasteiger partial charge in [0.05, 0.1) is 6.04 Å². The summed E-state index contributed by atoms with van der Waals surface area (Å²) in [5, 5.41) is 6.26. The van der Waals surface area contributed by atoms with Crippen molar-refractivity contribution < 1.29 is 4.79 Å². The highest BCUT2D eigenvalue weighted by atomic mass is 16.2. The van der Waals surface area contributed by atoms with E-state index in [4.69, 9.17) is 0 Å². The molecule has 1 amide bonds. The molecule has 88 valence electrons. The Labute approximate surface area is 92.4 Å². The molecule has 0 aromatic rings. The van der Waals surface area contributed by atoms with E-state index >= 15 is 0 Å². The lowest BCUT2D eigenvalue weighted by Crippen LogP contribution is -2.43. The average Bonchev–Trinajstić information content (AvgIpc) is 2.38. The van der Waals surface area contributed by atoms with E-state index in [0.717, 1.165) is 45.3 Å². The molecule has 0 saturated carbocycles. The predicted molar refractivity (Wildman–Crippen MR) is 61.8 cm³/mol. The van der Waals surface area contributed by atoms with Gasteiger partial charge in [0.15, 0.2) is 0 Å². The molecule has 0 aliphatic carbocycles. The summed E-state index contributed by atoms with van der Waals surface area (Å²) in [5.41, 5.74) is 0. The smallest absolute Gasteiger partial charge is 0.237 e. The molecule has 1 atom stereocenters. The van der Waals surface area contributed by atoms with Crippen molar-refractivity contribution in [2.45, 2.75) is 31.7 Å². The van der Waals surface area contributed by atoms with Crippen molar-refractivity contribution in [3.8, 4) is 0 Å². The lowest BCUT2D eigenvalue weighted by molar-refractivity contribution is -0.122. The minimum absolute atomic E-state index is 0.0367. The Hall–Kier alpha value is -0.610. The largest absolute Gasteiger partial charge is 0.355 e. The molecule has 15 heavy (non-hydrogen) atoms. The van der Waals surface area contributed by atoms with Gasteiger partial charge in [-0.25, -0.2) is 0 Å². The van der Waals surface area contributed by atoms with E-state index in [0.29, 0.717) is 0 Å². The minimum Gasteiger partial charge on any atom is -0.355 e. The molecule has 4 heteroatoms. The van der Waals surface area contributed by atoms with Gasteiger partial charge >= 0.3 is 0 Å². The third-order valence-electron chi connectivity index (χ3n) is 2.71. The van der Waals surface area contributed by atoms with Crippen molar-refractivity contribution in [1.29, 1.82) is 0 Å². The van der Waals surface area contributed by atoms with Gasteiger partial charge in [0.1, 0.15) is 0 Å². The number of rotatable bonds is 5. The second kappa shape index (κ2) is 6.80. The lowest BCUT2D eigenvalue weighted by atomic mass is 10.1. The molecule has 1 saturated heterocycles. The van der Waals surface area contributed by atoms with Crippen LogP contribution in [0.2, 0.25) is 0 Å². The summed E-state index contributed by atoms with van der Waals surface area (Å²) in [6.45, 7) is 2.84. The molecule has 1 fully saturated rings. The Kier molecular flexibility index (Phi) is 5.65. The van der Waals surface area contributed by atoms with E-state index in [9.17, 15) is 4.79 Å². The van der Waals surface area contributed by atoms with Crippen LogP contribution in [0.3, 0.4) is 0 Å². The summed E-state index contributed by atoms with van der Waals surface area (Å²) in [7, 11) is 4.14. The lowest BCUT2D eigenvalue weighted by Gasteiger charge is -2.16. The zero-order chi connectivity index (χ0) is 11.1. The van der Waals surface area contributed by atoms with Crippen LogP contribution < -0.4 is 10.6 Å². The summed E-state index contributed by atoms with van der Waals surface area (Å²) in [4.78, 5) is 13.7. The number of nitrogens with zero attached hydrogens (tertiary/aromatic N) is 1. The topological polar surface area (TPSA) is 44.4 Å². The van der Waals surface area contributed by atoms with Gasteiger partial charge in [-0.3, -0.25) is 4.79 Å². The minimum atomic E-state index is 0.0367. The summed E-state index contributed by atoms with van der Waals surface area (Å²) in [6, 6.07) is 0.0367. The van der Waals surface area contributed by atoms with Crippen molar-refractivity contribution in [1.82, 2.24) is 15.5 Å². The van der Waals surface area contributed by atoms with Crippen LogP contribution in [0.5, 0.6) is 0 Å². The number of carbonyl (C=O) groups is 1. The zero-order valence-electron chi connectivity index (χ0n) is 9.88. The van der Waals surface area contributed by atoms with Crippen LogP contribution in [0.25, 0.3) is 0 Å². The first-order chi connectivity index (χ1) is 7.20. The SMILES string of the molecule is CN(C)CCCNC1CCCCNC1=O. The fourth-order valence-electron chi connectivity index (χ4n) is 1.81. The first-order valence-corrected chi connectivity index (χ1v) is 5.86. The molecule has 1 heterocycles. The molecule has 1 aliphatic heterocycles. The maximum atomic E-state index is 11.6. The van der Waals surface area contributed by atoms with Gasteiger partial charge in [-0.15, -0.1) is 0 Å². The van der Waals surface area contributed by atoms with E-state index in [1.54, 1.807) is 0 Å². The molecule has 0 spiro atoms. The standard InChI is InChI=1S/C11H23N3O/c1-14(2)9-5-8-12-10-6-3-4-7-13-11(10)15/h10,12H,3-9H2,1-2H3,(H,13,15). The Morgan fingerprint density at radius 1 is 1.47 bits per heavy atom. The fraction of sp³-hybridized carbons (Fsp3) is 0.909. The Bertz CT molecular complexity index is 194. The van der Waals surface area contributed by atoms with E-state index in [1.165, 1.54) is 0 Å². The van der Waals surface area contributed by atoms with Gasteiger partial charge in [0.25, 0.3) is 0 Å². The van der Waals surface area contributed by atoms with Gasteiger partial charge in [-0.2, -0.15) is 0 Å². The molecule has 0 aromatic heterocycles. The predicted octanol–water partition coefficient (Wildman–Crippen LogP) is 0.196. The molecular formula is C11H23N3O. The van der Waals surface area contributed by atoms with Crippen LogP contribution in [0.4, 0.5) is 0 Å². The van der Waals surface area contributed by atoms with Crippen molar-refractivity contribution in [2.75, 3.05) is 33.7 Å². The highest BCUT2D eigenvalue weighted by Crippen LogP contribution is 2.04. The summed E-state index contributed by atoms with van der Waals surface area (Å²) < 4.78 is 0. The molecule has 2 N–H and O–H groups in total. The maximum Gasteiger partial charge on any atom is 0.237 e. The van der Waals surface area contributed by atoms with Crippen LogP contribution in [0.15, 0.2) is 0 Å². The number of nitrogens with one attached hydrogen (secondary N) is 2. The summed E-state index contributed by atoms with van der Waals surface area (Å²) >= 11 is 0. The van der Waals surface area contributed by atoms with Crippen LogP contribution in [-0.4, -0.2) is 50.6 Å². The van der Waals surface area contributed by atoms with Crippen LogP contribution in [-0.2, 0) is 4.79 Å². The van der Waals surface area contributed by atoms with E-state index in [-0.39, 0.29) is 11.9 Å². The summed E-state index contributed by atoms with van der Waals surface area (Å²) in [5.74, 6) is 0.178. The first-order valence-electron chi connectivity index (χ1n) is 5.86. The molecule has 0 aromatic carbocycles. The fourth-order valence-corrected chi connectivity index (χ4v) is 1.81. The summed E-state index contributed by atoms with van der Waals surface area (Å²) in [6.07, 6.45) is 4.33. The van der Waals surface area contributed by atoms with Gasteiger partial charge in [-0.05, 0) is 52.9 Å². The van der Waals surface area contributed by atoms with Gasteiger partial charge in [0, 0.05) is 6.54 Å². The van der Waals surface area contributed by atoms with Gasteiger partial charge < -0.3 is 15.5 Å². The van der Waals surface area contributed by atoms with Crippen molar-refractivity contribution >= 4 is 5.91 Å². The Balaban J connectivity index is 2.15. The van der Waals surface area contributed by atoms with Crippen LogP contribution in [0.1, 0.15) is 25.7 Å². The van der Waals surface area contributed by atoms with Crippen LogP contribution in [0, 0.1) is 0 Å². The van der Waals surface area contributed by atoms with Crippen LogP contribution >= 0.6 is 0 Å². The van der Waals surface area contributed by atoms with Gasteiger partial charge in [-0.1, -0.05) is 0 Å². The molecule has 1 aliphatic rings. The van der Waals surface area contributed by atoms with Crippen molar-refractivity contribution in [3.63, 3.8) is 0 Å².